The molecule has 0 aliphatic carbocycles. The molecule has 0 saturated carbocycles. The van der Waals surface area contributed by atoms with Gasteiger partial charge in [-0.1, -0.05) is 24.3 Å². The molecule has 5 rings (SSSR count). The van der Waals surface area contributed by atoms with Gasteiger partial charge in [0.15, 0.2) is 0 Å². The van der Waals surface area contributed by atoms with Gasteiger partial charge in [-0.15, -0.1) is 0 Å². The normalized spacial score (nSPS) is 20.5. The fourth-order valence-corrected chi connectivity index (χ4v) is 6.22. The summed E-state index contributed by atoms with van der Waals surface area (Å²) in [5.74, 6) is 0.477. The Labute approximate surface area is 246 Å². The second kappa shape index (κ2) is 11.8. The highest BCUT2D eigenvalue weighted by Gasteiger charge is 2.37. The first kappa shape index (κ1) is 30.2. The van der Waals surface area contributed by atoms with Gasteiger partial charge in [0.05, 0.1) is 5.56 Å². The standard InChI is InChI=1S/C32H41F3N4O3/c1-31(2,3)42-30(41)39-13-11-23(12-14-39)24-7-8-25-20-28(36(4)27(25)19-24)29(40)38-17-15-37(16-18-38)21-22-5-9-26(10-6-22)32(33,34)35/h5-10,19,23,28H,11-18,20-21H2,1-4H3. The summed E-state index contributed by atoms with van der Waals surface area (Å²) >= 11 is 0. The van der Waals surface area contributed by atoms with Gasteiger partial charge in [0.1, 0.15) is 11.6 Å². The minimum absolute atomic E-state index is 0.120. The third-order valence-electron chi connectivity index (χ3n) is 8.64. The zero-order chi connectivity index (χ0) is 30.2. The van der Waals surface area contributed by atoms with Gasteiger partial charge < -0.3 is 19.4 Å². The van der Waals surface area contributed by atoms with E-state index in [1.807, 2.05) is 32.7 Å². The van der Waals surface area contributed by atoms with Crippen LogP contribution in [0.5, 0.6) is 0 Å². The van der Waals surface area contributed by atoms with Crippen molar-refractivity contribution < 1.29 is 27.5 Å². The van der Waals surface area contributed by atoms with E-state index >= 15 is 0 Å². The number of fused-ring (bicyclic) bond motifs is 1. The van der Waals surface area contributed by atoms with Crippen LogP contribution in [0.25, 0.3) is 0 Å². The number of nitrogens with zero attached hydrogens (tertiary/aromatic N) is 4. The number of rotatable bonds is 4. The van der Waals surface area contributed by atoms with Crippen LogP contribution >= 0.6 is 0 Å². The van der Waals surface area contributed by atoms with Crippen LogP contribution < -0.4 is 4.90 Å². The van der Waals surface area contributed by atoms with Crippen molar-refractivity contribution in [2.75, 3.05) is 51.2 Å². The van der Waals surface area contributed by atoms with Crippen LogP contribution in [0.4, 0.5) is 23.7 Å². The van der Waals surface area contributed by atoms with Gasteiger partial charge >= 0.3 is 12.3 Å². The Morgan fingerprint density at radius 1 is 0.881 bits per heavy atom. The number of likely N-dealkylation sites (tertiary alicyclic amines) is 1. The van der Waals surface area contributed by atoms with Crippen molar-refractivity contribution >= 4 is 17.7 Å². The Bertz CT molecular complexity index is 1280. The van der Waals surface area contributed by atoms with Crippen molar-refractivity contribution in [2.24, 2.45) is 0 Å². The Hall–Kier alpha value is -3.27. The number of halogens is 3. The molecule has 0 radical (unpaired) electrons. The lowest BCUT2D eigenvalue weighted by Crippen LogP contribution is -2.53. The van der Waals surface area contributed by atoms with Crippen molar-refractivity contribution in [3.63, 3.8) is 0 Å². The van der Waals surface area contributed by atoms with Crippen LogP contribution in [0.2, 0.25) is 0 Å². The molecular formula is C32H41F3N4O3. The Morgan fingerprint density at radius 2 is 1.52 bits per heavy atom. The number of ether oxygens (including phenoxy) is 1. The molecule has 2 saturated heterocycles. The van der Waals surface area contributed by atoms with Crippen molar-refractivity contribution in [1.29, 1.82) is 0 Å². The number of likely N-dealkylation sites (N-methyl/N-ethyl adjacent to an activating group) is 1. The number of piperidine rings is 1. The predicted octanol–water partition coefficient (Wildman–Crippen LogP) is 5.53. The molecular weight excluding hydrogens is 545 g/mol. The van der Waals surface area contributed by atoms with E-state index in [0.29, 0.717) is 58.2 Å². The SMILES string of the molecule is CN1c2cc(C3CCN(C(=O)OC(C)(C)C)CC3)ccc2CC1C(=O)N1CCN(Cc2ccc(C(F)(F)F)cc2)CC1. The number of anilines is 1. The summed E-state index contributed by atoms with van der Waals surface area (Å²) in [5, 5.41) is 0. The van der Waals surface area contributed by atoms with Crippen molar-refractivity contribution in [1.82, 2.24) is 14.7 Å². The lowest BCUT2D eigenvalue weighted by Gasteiger charge is -2.37. The Morgan fingerprint density at radius 3 is 2.12 bits per heavy atom. The molecule has 2 aromatic rings. The summed E-state index contributed by atoms with van der Waals surface area (Å²) in [6.45, 7) is 10.1. The smallest absolute Gasteiger partial charge is 0.416 e. The van der Waals surface area contributed by atoms with Crippen LogP contribution in [0.1, 0.15) is 61.8 Å². The lowest BCUT2D eigenvalue weighted by molar-refractivity contribution is -0.137. The van der Waals surface area contributed by atoms with Crippen LogP contribution in [0, 0.1) is 0 Å². The number of piperazine rings is 1. The van der Waals surface area contributed by atoms with Crippen molar-refractivity contribution in [2.45, 2.75) is 70.3 Å². The summed E-state index contributed by atoms with van der Waals surface area (Å²) < 4.78 is 44.1. The number of amides is 2. The predicted molar refractivity (Wildman–Crippen MR) is 155 cm³/mol. The molecule has 3 aliphatic heterocycles. The zero-order valence-corrected chi connectivity index (χ0v) is 24.9. The maximum Gasteiger partial charge on any atom is 0.416 e. The molecule has 2 aromatic carbocycles. The third-order valence-corrected chi connectivity index (χ3v) is 8.64. The largest absolute Gasteiger partial charge is 0.444 e. The van der Waals surface area contributed by atoms with Gasteiger partial charge in [0.25, 0.3) is 0 Å². The van der Waals surface area contributed by atoms with Crippen LogP contribution in [-0.4, -0.2) is 84.7 Å². The summed E-state index contributed by atoms with van der Waals surface area (Å²) in [5.41, 5.74) is 3.21. The maximum atomic E-state index is 13.6. The van der Waals surface area contributed by atoms with Gasteiger partial charge in [-0.05, 0) is 74.4 Å². The van der Waals surface area contributed by atoms with Gasteiger partial charge in [-0.3, -0.25) is 9.69 Å². The first-order valence-electron chi connectivity index (χ1n) is 14.8. The number of hydrogen-bond donors (Lipinski definition) is 0. The zero-order valence-electron chi connectivity index (χ0n) is 24.9. The van der Waals surface area contributed by atoms with E-state index in [2.05, 4.69) is 28.0 Å². The highest BCUT2D eigenvalue weighted by molar-refractivity contribution is 5.88. The van der Waals surface area contributed by atoms with E-state index in [9.17, 15) is 22.8 Å². The lowest BCUT2D eigenvalue weighted by atomic mass is 9.88. The number of benzene rings is 2. The minimum Gasteiger partial charge on any atom is -0.444 e. The number of hydrogen-bond acceptors (Lipinski definition) is 5. The van der Waals surface area contributed by atoms with Gasteiger partial charge in [0, 0.05) is 65.0 Å². The highest BCUT2D eigenvalue weighted by atomic mass is 19.4. The van der Waals surface area contributed by atoms with Gasteiger partial charge in [-0.2, -0.15) is 13.2 Å². The van der Waals surface area contributed by atoms with Crippen molar-refractivity contribution in [3.8, 4) is 0 Å². The summed E-state index contributed by atoms with van der Waals surface area (Å²) in [7, 11) is 1.99. The van der Waals surface area contributed by atoms with Crippen molar-refractivity contribution in [3.05, 3.63) is 64.7 Å². The molecule has 2 fully saturated rings. The van der Waals surface area contributed by atoms with Crippen LogP contribution in [-0.2, 0) is 28.7 Å². The average Bonchev–Trinajstić information content (AvgIpc) is 3.27. The summed E-state index contributed by atoms with van der Waals surface area (Å²) in [6.07, 6.45) is -2.16. The van der Waals surface area contributed by atoms with E-state index in [-0.39, 0.29) is 18.0 Å². The van der Waals surface area contributed by atoms with E-state index in [1.54, 1.807) is 4.90 Å². The van der Waals surface area contributed by atoms with E-state index in [4.69, 9.17) is 4.74 Å². The second-order valence-corrected chi connectivity index (χ2v) is 12.8. The number of alkyl halides is 3. The van der Waals surface area contributed by atoms with E-state index in [1.165, 1.54) is 23.3 Å². The van der Waals surface area contributed by atoms with Gasteiger partial charge in [-0.25, -0.2) is 4.79 Å². The number of carbonyl (C=O) groups excluding carboxylic acids is 2. The molecule has 0 N–H and O–H groups in total. The molecule has 10 heteroatoms. The molecule has 3 aliphatic rings. The molecule has 1 atom stereocenters. The quantitative estimate of drug-likeness (QED) is 0.472. The molecule has 2 amide bonds. The van der Waals surface area contributed by atoms with Crippen LogP contribution in [0.15, 0.2) is 42.5 Å². The Balaban J connectivity index is 1.13. The molecule has 228 valence electrons. The molecule has 0 aromatic heterocycles. The third kappa shape index (κ3) is 6.85. The molecule has 0 spiro atoms. The van der Waals surface area contributed by atoms with Gasteiger partial charge in [0.2, 0.25) is 5.91 Å². The molecule has 7 nitrogen and oxygen atoms in total. The molecule has 3 heterocycles. The first-order valence-corrected chi connectivity index (χ1v) is 14.8. The number of carbonyl (C=O) groups is 2. The monoisotopic (exact) mass is 586 g/mol. The minimum atomic E-state index is -4.33. The Kier molecular flexibility index (Phi) is 8.47. The van der Waals surface area contributed by atoms with E-state index in [0.717, 1.165) is 36.2 Å². The fraction of sp³-hybridized carbons (Fsp3) is 0.562. The molecule has 0 bridgehead atoms. The summed E-state index contributed by atoms with van der Waals surface area (Å²) in [4.78, 5) is 34.0. The second-order valence-electron chi connectivity index (χ2n) is 12.8. The highest BCUT2D eigenvalue weighted by Crippen LogP contribution is 2.37. The average molecular weight is 587 g/mol. The molecule has 1 unspecified atom stereocenters. The first-order chi connectivity index (χ1) is 19.8. The fourth-order valence-electron chi connectivity index (χ4n) is 6.22. The maximum absolute atomic E-state index is 13.6. The molecule has 42 heavy (non-hydrogen) atoms. The summed E-state index contributed by atoms with van der Waals surface area (Å²) in [6, 6.07) is 11.6. The van der Waals surface area contributed by atoms with E-state index < -0.39 is 17.3 Å². The van der Waals surface area contributed by atoms with Crippen LogP contribution in [0.3, 0.4) is 0 Å². The topological polar surface area (TPSA) is 56.3 Å².